The summed E-state index contributed by atoms with van der Waals surface area (Å²) in [5.74, 6) is 0. The van der Waals surface area contributed by atoms with Crippen LogP contribution >= 0.6 is 0 Å². The predicted octanol–water partition coefficient (Wildman–Crippen LogP) is 2.78. The summed E-state index contributed by atoms with van der Waals surface area (Å²) < 4.78 is 5.18. The van der Waals surface area contributed by atoms with E-state index in [1.54, 1.807) is 0 Å². The number of nitrogens with zero attached hydrogens (tertiary/aromatic N) is 2. The molecular formula is C14H31N3Si. The van der Waals surface area contributed by atoms with Gasteiger partial charge >= 0.3 is 9.28 Å². The molecule has 0 aromatic carbocycles. The molecule has 4 heteroatoms. The highest BCUT2D eigenvalue weighted by Crippen LogP contribution is 2.30. The van der Waals surface area contributed by atoms with E-state index in [0.717, 1.165) is 6.54 Å². The summed E-state index contributed by atoms with van der Waals surface area (Å²) in [6.07, 6.45) is 6.96. The summed E-state index contributed by atoms with van der Waals surface area (Å²) in [4.78, 5) is 3.75. The molecule has 0 amide bonds. The maximum Gasteiger partial charge on any atom is 0.330 e. The Hall–Kier alpha value is -0.483. The second-order valence-electron chi connectivity index (χ2n) is 6.38. The second-order valence-corrected chi connectivity index (χ2v) is 8.64. The van der Waals surface area contributed by atoms with Gasteiger partial charge in [0.2, 0.25) is 0 Å². The van der Waals surface area contributed by atoms with Crippen LogP contribution in [0.4, 0.5) is 0 Å². The molecule has 0 atom stereocenters. The van der Waals surface area contributed by atoms with E-state index in [9.17, 15) is 0 Å². The highest BCUT2D eigenvalue weighted by Gasteiger charge is 2.41. The van der Waals surface area contributed by atoms with Crippen LogP contribution < -0.4 is 4.98 Å². The van der Waals surface area contributed by atoms with Crippen molar-refractivity contribution in [2.24, 2.45) is 0 Å². The third-order valence-corrected chi connectivity index (χ3v) is 8.00. The van der Waals surface area contributed by atoms with Crippen LogP contribution in [0.25, 0.3) is 0 Å². The monoisotopic (exact) mass is 269 g/mol. The van der Waals surface area contributed by atoms with Crippen LogP contribution in [-0.2, 0) is 0 Å². The van der Waals surface area contributed by atoms with E-state index >= 15 is 0 Å². The molecule has 0 aliphatic carbocycles. The molecule has 0 aromatic rings. The maximum absolute atomic E-state index is 3.75. The number of hydrogen-bond donors (Lipinski definition) is 1. The molecule has 0 saturated heterocycles. The SMILES string of the molecule is CCN[SiH]1N(C(C)(C)CC)C=CN1C(C)(C)CC. The maximum atomic E-state index is 3.75. The molecule has 106 valence electrons. The smallest absolute Gasteiger partial charge is 0.330 e. The molecule has 0 saturated carbocycles. The minimum atomic E-state index is -1.29. The van der Waals surface area contributed by atoms with Gasteiger partial charge < -0.3 is 14.1 Å². The van der Waals surface area contributed by atoms with Crippen molar-refractivity contribution in [3.8, 4) is 0 Å². The van der Waals surface area contributed by atoms with Crippen molar-refractivity contribution in [2.45, 2.75) is 72.4 Å². The average Bonchev–Trinajstić information content (AvgIpc) is 2.75. The molecule has 1 N–H and O–H groups in total. The Bertz CT molecular complexity index is 273. The van der Waals surface area contributed by atoms with Crippen molar-refractivity contribution in [1.29, 1.82) is 0 Å². The lowest BCUT2D eigenvalue weighted by atomic mass is 10.0. The molecular weight excluding hydrogens is 238 g/mol. The highest BCUT2D eigenvalue weighted by atomic mass is 28.3. The van der Waals surface area contributed by atoms with Gasteiger partial charge in [-0.15, -0.1) is 0 Å². The van der Waals surface area contributed by atoms with Crippen LogP contribution in [0.3, 0.4) is 0 Å². The second kappa shape index (κ2) is 5.66. The molecule has 1 aliphatic heterocycles. The lowest BCUT2D eigenvalue weighted by Gasteiger charge is -2.46. The first-order valence-electron chi connectivity index (χ1n) is 7.28. The van der Waals surface area contributed by atoms with Crippen LogP contribution in [0, 0.1) is 0 Å². The largest absolute Gasteiger partial charge is 0.371 e. The quantitative estimate of drug-likeness (QED) is 0.748. The number of nitrogens with one attached hydrogen (secondary N) is 1. The van der Waals surface area contributed by atoms with E-state index in [1.165, 1.54) is 12.8 Å². The Morgan fingerprint density at radius 1 is 0.889 bits per heavy atom. The molecule has 0 bridgehead atoms. The van der Waals surface area contributed by atoms with Crippen molar-refractivity contribution in [3.63, 3.8) is 0 Å². The van der Waals surface area contributed by atoms with Gasteiger partial charge in [-0.25, -0.2) is 0 Å². The summed E-state index contributed by atoms with van der Waals surface area (Å²) in [7, 11) is -1.29. The van der Waals surface area contributed by atoms with Crippen LogP contribution in [-0.4, -0.2) is 36.0 Å². The molecule has 1 aliphatic rings. The molecule has 0 unspecified atom stereocenters. The first-order valence-corrected chi connectivity index (χ1v) is 8.89. The molecule has 1 heterocycles. The first-order chi connectivity index (χ1) is 8.30. The Balaban J connectivity index is 2.96. The van der Waals surface area contributed by atoms with Gasteiger partial charge in [0.15, 0.2) is 0 Å². The first kappa shape index (κ1) is 15.6. The van der Waals surface area contributed by atoms with Gasteiger partial charge in [0, 0.05) is 23.5 Å². The fourth-order valence-electron chi connectivity index (χ4n) is 2.25. The van der Waals surface area contributed by atoms with Crippen molar-refractivity contribution >= 4 is 9.28 Å². The van der Waals surface area contributed by atoms with Gasteiger partial charge in [0.05, 0.1) is 0 Å². The molecule has 1 rings (SSSR count). The summed E-state index contributed by atoms with van der Waals surface area (Å²) in [5, 5.41) is 0. The van der Waals surface area contributed by atoms with E-state index in [2.05, 4.69) is 75.0 Å². The van der Waals surface area contributed by atoms with Gasteiger partial charge in [-0.1, -0.05) is 20.8 Å². The third kappa shape index (κ3) is 2.91. The van der Waals surface area contributed by atoms with Crippen molar-refractivity contribution in [1.82, 2.24) is 14.1 Å². The zero-order valence-corrected chi connectivity index (χ0v) is 14.4. The van der Waals surface area contributed by atoms with E-state index in [0.29, 0.717) is 0 Å². The summed E-state index contributed by atoms with van der Waals surface area (Å²) in [6.45, 7) is 17.2. The van der Waals surface area contributed by atoms with Gasteiger partial charge in [0.25, 0.3) is 0 Å². The minimum Gasteiger partial charge on any atom is -0.371 e. The standard InChI is InChI=1S/C14H31N3Si/c1-8-13(4,5)16-11-12-17(14(6,7)9-2)18(16)15-10-3/h11-12,15,18H,8-10H2,1-7H3. The molecule has 0 fully saturated rings. The minimum absolute atomic E-state index is 0.244. The van der Waals surface area contributed by atoms with Crippen LogP contribution in [0.2, 0.25) is 0 Å². The van der Waals surface area contributed by atoms with Crippen molar-refractivity contribution < 1.29 is 0 Å². The lowest BCUT2D eigenvalue weighted by molar-refractivity contribution is 0.237. The normalized spacial score (nSPS) is 17.9. The average molecular weight is 270 g/mol. The summed E-state index contributed by atoms with van der Waals surface area (Å²) >= 11 is 0. The Kier molecular flexibility index (Phi) is 4.89. The Labute approximate surface area is 115 Å². The zero-order valence-electron chi connectivity index (χ0n) is 13.2. The summed E-state index contributed by atoms with van der Waals surface area (Å²) in [5.41, 5.74) is 0.488. The van der Waals surface area contributed by atoms with E-state index in [-0.39, 0.29) is 11.1 Å². The zero-order chi connectivity index (χ0) is 14.0. The van der Waals surface area contributed by atoms with E-state index in [4.69, 9.17) is 0 Å². The Morgan fingerprint density at radius 2 is 1.28 bits per heavy atom. The topological polar surface area (TPSA) is 18.5 Å². The fourth-order valence-corrected chi connectivity index (χ4v) is 5.45. The van der Waals surface area contributed by atoms with Gasteiger partial charge in [-0.05, 0) is 47.1 Å². The van der Waals surface area contributed by atoms with Crippen LogP contribution in [0.5, 0.6) is 0 Å². The predicted molar refractivity (Wildman–Crippen MR) is 82.4 cm³/mol. The van der Waals surface area contributed by atoms with Crippen molar-refractivity contribution in [2.75, 3.05) is 6.54 Å². The van der Waals surface area contributed by atoms with Crippen LogP contribution in [0.15, 0.2) is 12.4 Å². The van der Waals surface area contributed by atoms with Gasteiger partial charge in [-0.2, -0.15) is 0 Å². The van der Waals surface area contributed by atoms with Gasteiger partial charge in [-0.3, -0.25) is 0 Å². The third-order valence-electron chi connectivity index (χ3n) is 4.43. The molecule has 18 heavy (non-hydrogen) atoms. The van der Waals surface area contributed by atoms with E-state index in [1.807, 2.05) is 0 Å². The summed E-state index contributed by atoms with van der Waals surface area (Å²) in [6, 6.07) is 0. The molecule has 3 nitrogen and oxygen atoms in total. The number of rotatable bonds is 6. The molecule has 0 spiro atoms. The fraction of sp³-hybridized carbons (Fsp3) is 0.857. The van der Waals surface area contributed by atoms with Gasteiger partial charge in [0.1, 0.15) is 0 Å². The lowest BCUT2D eigenvalue weighted by Crippen LogP contribution is -2.64. The van der Waals surface area contributed by atoms with Crippen LogP contribution in [0.1, 0.15) is 61.3 Å². The molecule has 0 aromatic heterocycles. The highest BCUT2D eigenvalue weighted by molar-refractivity contribution is 6.51. The van der Waals surface area contributed by atoms with Crippen molar-refractivity contribution in [3.05, 3.63) is 12.4 Å². The van der Waals surface area contributed by atoms with E-state index < -0.39 is 9.28 Å². The molecule has 0 radical (unpaired) electrons. The Morgan fingerprint density at radius 3 is 1.56 bits per heavy atom. The number of hydrogen-bond acceptors (Lipinski definition) is 3.